The van der Waals surface area contributed by atoms with Crippen LogP contribution in [0.4, 0.5) is 4.79 Å². The number of hydrogen-bond acceptors (Lipinski definition) is 4. The first-order chi connectivity index (χ1) is 12.2. The van der Waals surface area contributed by atoms with Crippen LogP contribution < -0.4 is 5.32 Å². The monoisotopic (exact) mass is 336 g/mol. The summed E-state index contributed by atoms with van der Waals surface area (Å²) in [5, 5.41) is 10.9. The lowest BCUT2D eigenvalue weighted by molar-refractivity contribution is 0.207. The Morgan fingerprint density at radius 1 is 1.04 bits per heavy atom. The average molecular weight is 336 g/mol. The summed E-state index contributed by atoms with van der Waals surface area (Å²) in [6.45, 7) is 1.000. The molecule has 2 aromatic carbocycles. The van der Waals surface area contributed by atoms with Crippen molar-refractivity contribution in [2.45, 2.75) is 13.0 Å². The van der Waals surface area contributed by atoms with Crippen LogP contribution in [0.25, 0.3) is 11.5 Å². The van der Waals surface area contributed by atoms with Gasteiger partial charge in [0, 0.05) is 32.1 Å². The van der Waals surface area contributed by atoms with Gasteiger partial charge in [-0.1, -0.05) is 48.5 Å². The van der Waals surface area contributed by atoms with Crippen molar-refractivity contribution in [3.63, 3.8) is 0 Å². The molecule has 0 spiro atoms. The third-order valence-electron chi connectivity index (χ3n) is 3.71. The number of benzene rings is 2. The van der Waals surface area contributed by atoms with E-state index in [1.54, 1.807) is 11.9 Å². The molecule has 0 saturated heterocycles. The molecule has 128 valence electrons. The zero-order chi connectivity index (χ0) is 17.5. The van der Waals surface area contributed by atoms with Crippen molar-refractivity contribution in [3.8, 4) is 11.5 Å². The number of urea groups is 1. The Balaban J connectivity index is 1.46. The maximum absolute atomic E-state index is 12.1. The number of rotatable bonds is 6. The minimum atomic E-state index is -0.133. The summed E-state index contributed by atoms with van der Waals surface area (Å²) in [6.07, 6.45) is 0.491. The molecule has 1 N–H and O–H groups in total. The summed E-state index contributed by atoms with van der Waals surface area (Å²) < 4.78 is 5.62. The van der Waals surface area contributed by atoms with Gasteiger partial charge in [-0.2, -0.15) is 0 Å². The van der Waals surface area contributed by atoms with Crippen LogP contribution in [0.3, 0.4) is 0 Å². The van der Waals surface area contributed by atoms with Gasteiger partial charge in [0.1, 0.15) is 0 Å². The number of carbonyl (C=O) groups is 1. The maximum Gasteiger partial charge on any atom is 0.317 e. The van der Waals surface area contributed by atoms with Gasteiger partial charge >= 0.3 is 6.03 Å². The molecule has 6 heteroatoms. The van der Waals surface area contributed by atoms with Crippen LogP contribution in [0.2, 0.25) is 0 Å². The molecule has 25 heavy (non-hydrogen) atoms. The van der Waals surface area contributed by atoms with E-state index in [0.717, 1.165) is 11.1 Å². The fourth-order valence-electron chi connectivity index (χ4n) is 2.39. The molecular weight excluding hydrogens is 316 g/mol. The zero-order valence-corrected chi connectivity index (χ0v) is 14.1. The Morgan fingerprint density at radius 2 is 1.72 bits per heavy atom. The molecule has 0 aliphatic rings. The highest BCUT2D eigenvalue weighted by Gasteiger charge is 2.11. The minimum absolute atomic E-state index is 0.133. The van der Waals surface area contributed by atoms with E-state index in [-0.39, 0.29) is 6.03 Å². The van der Waals surface area contributed by atoms with Gasteiger partial charge in [0.25, 0.3) is 0 Å². The lowest BCUT2D eigenvalue weighted by atomic mass is 10.2. The smallest absolute Gasteiger partial charge is 0.317 e. The molecule has 0 fully saturated rings. The molecule has 0 saturated carbocycles. The molecule has 0 aliphatic heterocycles. The van der Waals surface area contributed by atoms with Gasteiger partial charge in [-0.3, -0.25) is 0 Å². The second-order valence-corrected chi connectivity index (χ2v) is 5.69. The highest BCUT2D eigenvalue weighted by Crippen LogP contribution is 2.16. The van der Waals surface area contributed by atoms with E-state index in [9.17, 15) is 4.79 Å². The summed E-state index contributed by atoms with van der Waals surface area (Å²) in [5.74, 6) is 0.994. The van der Waals surface area contributed by atoms with Gasteiger partial charge in [0.2, 0.25) is 11.8 Å². The van der Waals surface area contributed by atoms with Crippen molar-refractivity contribution in [3.05, 3.63) is 72.1 Å². The molecule has 3 aromatic rings. The van der Waals surface area contributed by atoms with Crippen LogP contribution in [0.1, 0.15) is 11.5 Å². The average Bonchev–Trinajstić information content (AvgIpc) is 3.12. The normalized spacial score (nSPS) is 10.4. The number of nitrogens with one attached hydrogen (secondary N) is 1. The number of hydrogen-bond donors (Lipinski definition) is 1. The molecule has 6 nitrogen and oxygen atoms in total. The largest absolute Gasteiger partial charge is 0.421 e. The number of amides is 2. The SMILES string of the molecule is CN(Cc1ccccc1)C(=O)NCCc1nnc(-c2ccccc2)o1. The molecule has 2 amide bonds. The first kappa shape index (κ1) is 16.7. The van der Waals surface area contributed by atoms with Crippen LogP contribution in [0.5, 0.6) is 0 Å². The van der Waals surface area contributed by atoms with Crippen LogP contribution in [0.15, 0.2) is 65.1 Å². The summed E-state index contributed by atoms with van der Waals surface area (Å²) in [4.78, 5) is 13.7. The van der Waals surface area contributed by atoms with Crippen molar-refractivity contribution < 1.29 is 9.21 Å². The van der Waals surface area contributed by atoms with Crippen molar-refractivity contribution in [2.75, 3.05) is 13.6 Å². The molecule has 0 unspecified atom stereocenters. The standard InChI is InChI=1S/C19H20N4O2/c1-23(14-15-8-4-2-5-9-15)19(24)20-13-12-17-21-22-18(25-17)16-10-6-3-7-11-16/h2-11H,12-14H2,1H3,(H,20,24). The van der Waals surface area contributed by atoms with Gasteiger partial charge in [0.15, 0.2) is 0 Å². The molecule has 3 rings (SSSR count). The van der Waals surface area contributed by atoms with Gasteiger partial charge in [-0.15, -0.1) is 10.2 Å². The Hall–Kier alpha value is -3.15. The molecule has 0 atom stereocenters. The van der Waals surface area contributed by atoms with Crippen molar-refractivity contribution >= 4 is 6.03 Å². The summed E-state index contributed by atoms with van der Waals surface area (Å²) in [5.41, 5.74) is 1.97. The van der Waals surface area contributed by atoms with E-state index < -0.39 is 0 Å². The Bertz CT molecular complexity index is 803. The highest BCUT2D eigenvalue weighted by atomic mass is 16.4. The maximum atomic E-state index is 12.1. The van der Waals surface area contributed by atoms with E-state index in [1.165, 1.54) is 0 Å². The van der Waals surface area contributed by atoms with Crippen molar-refractivity contribution in [1.82, 2.24) is 20.4 Å². The van der Waals surface area contributed by atoms with E-state index in [4.69, 9.17) is 4.42 Å². The lowest BCUT2D eigenvalue weighted by Crippen LogP contribution is -2.37. The first-order valence-electron chi connectivity index (χ1n) is 8.13. The number of nitrogens with zero attached hydrogens (tertiary/aromatic N) is 3. The number of aromatic nitrogens is 2. The van der Waals surface area contributed by atoms with Crippen LogP contribution in [-0.2, 0) is 13.0 Å². The van der Waals surface area contributed by atoms with Crippen molar-refractivity contribution in [2.24, 2.45) is 0 Å². The topological polar surface area (TPSA) is 71.3 Å². The summed E-state index contributed by atoms with van der Waals surface area (Å²) >= 11 is 0. The van der Waals surface area contributed by atoms with Crippen LogP contribution in [0, 0.1) is 0 Å². The molecule has 0 radical (unpaired) electrons. The zero-order valence-electron chi connectivity index (χ0n) is 14.1. The molecule has 1 aromatic heterocycles. The first-order valence-corrected chi connectivity index (χ1v) is 8.13. The Morgan fingerprint density at radius 3 is 2.44 bits per heavy atom. The Kier molecular flexibility index (Phi) is 5.41. The van der Waals surface area contributed by atoms with Gasteiger partial charge < -0.3 is 14.6 Å². The fourth-order valence-corrected chi connectivity index (χ4v) is 2.39. The quantitative estimate of drug-likeness (QED) is 0.751. The predicted molar refractivity (Wildman–Crippen MR) is 94.7 cm³/mol. The summed E-state index contributed by atoms with van der Waals surface area (Å²) in [7, 11) is 1.77. The van der Waals surface area contributed by atoms with Crippen LogP contribution in [-0.4, -0.2) is 34.7 Å². The second kappa shape index (κ2) is 8.10. The molecule has 0 bridgehead atoms. The van der Waals surface area contributed by atoms with Gasteiger partial charge in [-0.25, -0.2) is 4.79 Å². The van der Waals surface area contributed by atoms with Crippen molar-refractivity contribution in [1.29, 1.82) is 0 Å². The predicted octanol–water partition coefficient (Wildman–Crippen LogP) is 3.12. The van der Waals surface area contributed by atoms with E-state index in [2.05, 4.69) is 15.5 Å². The third-order valence-corrected chi connectivity index (χ3v) is 3.71. The minimum Gasteiger partial charge on any atom is -0.421 e. The van der Waals surface area contributed by atoms with E-state index in [0.29, 0.717) is 31.3 Å². The lowest BCUT2D eigenvalue weighted by Gasteiger charge is -2.17. The fraction of sp³-hybridized carbons (Fsp3) is 0.211. The molecule has 1 heterocycles. The molecule has 0 aliphatic carbocycles. The number of carbonyl (C=O) groups excluding carboxylic acids is 1. The third kappa shape index (κ3) is 4.67. The highest BCUT2D eigenvalue weighted by molar-refractivity contribution is 5.73. The molecular formula is C19H20N4O2. The summed E-state index contributed by atoms with van der Waals surface area (Å²) in [6, 6.07) is 19.3. The van der Waals surface area contributed by atoms with E-state index in [1.807, 2.05) is 60.7 Å². The van der Waals surface area contributed by atoms with Gasteiger partial charge in [0.05, 0.1) is 0 Å². The van der Waals surface area contributed by atoms with E-state index >= 15 is 0 Å². The van der Waals surface area contributed by atoms with Gasteiger partial charge in [-0.05, 0) is 17.7 Å². The second-order valence-electron chi connectivity index (χ2n) is 5.69. The van der Waals surface area contributed by atoms with Crippen LogP contribution >= 0.6 is 0 Å². The Labute approximate surface area is 146 Å².